The topological polar surface area (TPSA) is 46.9 Å². The molecule has 1 amide bonds. The number of aryl methyl sites for hydroxylation is 1. The number of hydrogen-bond acceptors (Lipinski definition) is 3. The Balaban J connectivity index is 1.55. The number of imidazole rings is 1. The second kappa shape index (κ2) is 9.11. The van der Waals surface area contributed by atoms with Gasteiger partial charge in [0, 0.05) is 17.8 Å². The summed E-state index contributed by atoms with van der Waals surface area (Å²) >= 11 is 1.61. The second-order valence-corrected chi connectivity index (χ2v) is 8.71. The van der Waals surface area contributed by atoms with Crippen LogP contribution in [0.4, 0.5) is 0 Å². The molecule has 5 heteroatoms. The van der Waals surface area contributed by atoms with Crippen molar-refractivity contribution in [2.45, 2.75) is 102 Å². The van der Waals surface area contributed by atoms with E-state index in [1.165, 1.54) is 63.5 Å². The molecule has 25 heavy (non-hydrogen) atoms. The summed E-state index contributed by atoms with van der Waals surface area (Å²) in [6, 6.07) is 0.962. The van der Waals surface area contributed by atoms with Crippen LogP contribution in [0.2, 0.25) is 0 Å². The van der Waals surface area contributed by atoms with Crippen LogP contribution in [0.25, 0.3) is 0 Å². The van der Waals surface area contributed by atoms with Crippen molar-refractivity contribution in [1.82, 2.24) is 14.9 Å². The number of carbonyl (C=O) groups is 1. The third-order valence-corrected chi connectivity index (χ3v) is 6.80. The molecule has 3 rings (SSSR count). The fraction of sp³-hybridized carbons (Fsp3) is 0.800. The van der Waals surface area contributed by atoms with E-state index < -0.39 is 0 Å². The lowest BCUT2D eigenvalue weighted by Crippen LogP contribution is -2.36. The zero-order valence-corrected chi connectivity index (χ0v) is 16.7. The minimum absolute atomic E-state index is 0.173. The van der Waals surface area contributed by atoms with Crippen molar-refractivity contribution in [3.8, 4) is 0 Å². The third-order valence-electron chi connectivity index (χ3n) is 5.85. The van der Waals surface area contributed by atoms with Crippen LogP contribution >= 0.6 is 11.8 Å². The third kappa shape index (κ3) is 5.02. The summed E-state index contributed by atoms with van der Waals surface area (Å²) in [6.07, 6.45) is 13.9. The number of nitrogens with one attached hydrogen (secondary N) is 1. The van der Waals surface area contributed by atoms with Crippen molar-refractivity contribution in [3.05, 3.63) is 11.4 Å². The largest absolute Gasteiger partial charge is 0.353 e. The van der Waals surface area contributed by atoms with Gasteiger partial charge < -0.3 is 9.88 Å². The minimum Gasteiger partial charge on any atom is -0.353 e. The van der Waals surface area contributed by atoms with Crippen LogP contribution in [0.5, 0.6) is 0 Å². The molecule has 0 aromatic carbocycles. The van der Waals surface area contributed by atoms with Gasteiger partial charge in [0.1, 0.15) is 0 Å². The standard InChI is InChI=1S/C20H33N3OS/c1-15-16(2)23(18-12-8-9-13-18)20(21-15)25-14-19(24)22-17-10-6-4-3-5-7-11-17/h17-18H,3-14H2,1-2H3,(H,22,24). The molecule has 2 aliphatic carbocycles. The lowest BCUT2D eigenvalue weighted by molar-refractivity contribution is -0.119. The SMILES string of the molecule is Cc1nc(SCC(=O)NC2CCCCCCC2)n(C2CCCC2)c1C. The number of nitrogens with zero attached hydrogens (tertiary/aromatic N) is 2. The summed E-state index contributed by atoms with van der Waals surface area (Å²) in [5, 5.41) is 4.31. The molecule has 0 radical (unpaired) electrons. The molecule has 0 aliphatic heterocycles. The monoisotopic (exact) mass is 363 g/mol. The zero-order valence-electron chi connectivity index (χ0n) is 15.9. The lowest BCUT2D eigenvalue weighted by atomic mass is 9.97. The number of amides is 1. The van der Waals surface area contributed by atoms with Crippen LogP contribution in [0, 0.1) is 13.8 Å². The van der Waals surface area contributed by atoms with E-state index in [0.29, 0.717) is 17.8 Å². The van der Waals surface area contributed by atoms with Crippen LogP contribution in [0.3, 0.4) is 0 Å². The zero-order chi connectivity index (χ0) is 17.6. The van der Waals surface area contributed by atoms with Crippen LogP contribution in [0.1, 0.15) is 88.1 Å². The maximum atomic E-state index is 12.4. The van der Waals surface area contributed by atoms with Gasteiger partial charge in [-0.15, -0.1) is 0 Å². The summed E-state index contributed by atoms with van der Waals surface area (Å²) in [6.45, 7) is 4.25. The molecule has 1 aromatic heterocycles. The summed E-state index contributed by atoms with van der Waals surface area (Å²) < 4.78 is 2.40. The normalized spacial score (nSPS) is 20.4. The van der Waals surface area contributed by atoms with Crippen molar-refractivity contribution >= 4 is 17.7 Å². The Morgan fingerprint density at radius 2 is 1.64 bits per heavy atom. The predicted molar refractivity (Wildman–Crippen MR) is 104 cm³/mol. The molecule has 4 nitrogen and oxygen atoms in total. The average molecular weight is 364 g/mol. The van der Waals surface area contributed by atoms with Crippen molar-refractivity contribution in [2.75, 3.05) is 5.75 Å². The minimum atomic E-state index is 0.173. The molecular weight excluding hydrogens is 330 g/mol. The summed E-state index contributed by atoms with van der Waals surface area (Å²) in [5.74, 6) is 0.658. The van der Waals surface area contributed by atoms with Crippen LogP contribution in [-0.4, -0.2) is 27.3 Å². The Morgan fingerprint density at radius 1 is 1.04 bits per heavy atom. The van der Waals surface area contributed by atoms with E-state index in [0.717, 1.165) is 23.7 Å². The first-order valence-corrected chi connectivity index (χ1v) is 11.1. The smallest absolute Gasteiger partial charge is 0.230 e. The average Bonchev–Trinajstić information content (AvgIpc) is 3.17. The number of thioether (sulfide) groups is 1. The Hall–Kier alpha value is -0.970. The molecule has 0 bridgehead atoms. The summed E-state index contributed by atoms with van der Waals surface area (Å²) in [4.78, 5) is 17.2. The first kappa shape index (κ1) is 18.8. The maximum Gasteiger partial charge on any atom is 0.230 e. The van der Waals surface area contributed by atoms with Gasteiger partial charge in [-0.3, -0.25) is 4.79 Å². The highest BCUT2D eigenvalue weighted by Crippen LogP contribution is 2.35. The van der Waals surface area contributed by atoms with Gasteiger partial charge in [-0.2, -0.15) is 0 Å². The molecule has 0 unspecified atom stereocenters. The first-order valence-electron chi connectivity index (χ1n) is 10.1. The van der Waals surface area contributed by atoms with Gasteiger partial charge in [0.25, 0.3) is 0 Å². The van der Waals surface area contributed by atoms with Gasteiger partial charge in [-0.1, -0.05) is 56.7 Å². The van der Waals surface area contributed by atoms with Crippen LogP contribution in [0.15, 0.2) is 5.16 Å². The molecule has 2 saturated carbocycles. The van der Waals surface area contributed by atoms with Crippen LogP contribution < -0.4 is 5.32 Å². The highest BCUT2D eigenvalue weighted by Gasteiger charge is 2.24. The first-order chi connectivity index (χ1) is 12.1. The second-order valence-electron chi connectivity index (χ2n) is 7.77. The predicted octanol–water partition coefficient (Wildman–Crippen LogP) is 4.94. The molecule has 1 N–H and O–H groups in total. The molecular formula is C20H33N3OS. The Kier molecular flexibility index (Phi) is 6.85. The fourth-order valence-corrected chi connectivity index (χ4v) is 5.26. The summed E-state index contributed by atoms with van der Waals surface area (Å²) in [5.41, 5.74) is 2.38. The highest BCUT2D eigenvalue weighted by atomic mass is 32.2. The van der Waals surface area contributed by atoms with Gasteiger partial charge in [-0.25, -0.2) is 4.98 Å². The fourth-order valence-electron chi connectivity index (χ4n) is 4.29. The van der Waals surface area contributed by atoms with Gasteiger partial charge in [-0.05, 0) is 39.5 Å². The molecule has 0 spiro atoms. The molecule has 0 saturated heterocycles. The van der Waals surface area contributed by atoms with E-state index >= 15 is 0 Å². The maximum absolute atomic E-state index is 12.4. The van der Waals surface area contributed by atoms with E-state index in [2.05, 4.69) is 23.7 Å². The number of hydrogen-bond donors (Lipinski definition) is 1. The number of carbonyl (C=O) groups excluding carboxylic acids is 1. The molecule has 2 aliphatic rings. The molecule has 2 fully saturated rings. The van der Waals surface area contributed by atoms with E-state index in [1.807, 2.05) is 0 Å². The lowest BCUT2D eigenvalue weighted by Gasteiger charge is -2.21. The van der Waals surface area contributed by atoms with Crippen molar-refractivity contribution in [2.24, 2.45) is 0 Å². The molecule has 1 heterocycles. The molecule has 0 atom stereocenters. The van der Waals surface area contributed by atoms with E-state index in [1.54, 1.807) is 11.8 Å². The number of aromatic nitrogens is 2. The van der Waals surface area contributed by atoms with Gasteiger partial charge in [0.15, 0.2) is 5.16 Å². The van der Waals surface area contributed by atoms with Crippen LogP contribution in [-0.2, 0) is 4.79 Å². The Bertz CT molecular complexity index is 570. The molecule has 140 valence electrons. The quantitative estimate of drug-likeness (QED) is 0.754. The Labute approximate surface area is 156 Å². The van der Waals surface area contributed by atoms with Crippen molar-refractivity contribution < 1.29 is 4.79 Å². The Morgan fingerprint density at radius 3 is 2.32 bits per heavy atom. The van der Waals surface area contributed by atoms with E-state index in [4.69, 9.17) is 4.98 Å². The van der Waals surface area contributed by atoms with Gasteiger partial charge >= 0.3 is 0 Å². The highest BCUT2D eigenvalue weighted by molar-refractivity contribution is 7.99. The van der Waals surface area contributed by atoms with Crippen molar-refractivity contribution in [3.63, 3.8) is 0 Å². The van der Waals surface area contributed by atoms with E-state index in [9.17, 15) is 4.79 Å². The van der Waals surface area contributed by atoms with Gasteiger partial charge in [0.2, 0.25) is 5.91 Å². The molecule has 1 aromatic rings. The number of rotatable bonds is 5. The van der Waals surface area contributed by atoms with Crippen molar-refractivity contribution in [1.29, 1.82) is 0 Å². The van der Waals surface area contributed by atoms with E-state index in [-0.39, 0.29) is 5.91 Å². The van der Waals surface area contributed by atoms with Gasteiger partial charge in [0.05, 0.1) is 11.4 Å². The summed E-state index contributed by atoms with van der Waals surface area (Å²) in [7, 11) is 0.